The molecule has 0 saturated carbocycles. The van der Waals surface area contributed by atoms with E-state index in [1.54, 1.807) is 0 Å². The maximum absolute atomic E-state index is 14.0. The molecule has 2 aromatic carbocycles. The molecule has 0 unspecified atom stereocenters. The van der Waals surface area contributed by atoms with Crippen molar-refractivity contribution in [1.82, 2.24) is 0 Å². The zero-order valence-electron chi connectivity index (χ0n) is 26.8. The van der Waals surface area contributed by atoms with Crippen LogP contribution in [0.1, 0.15) is 0 Å². The van der Waals surface area contributed by atoms with Gasteiger partial charge >= 0.3 is 0 Å². The molecule has 14 atom stereocenters. The van der Waals surface area contributed by atoms with E-state index in [4.69, 9.17) is 32.8 Å². The third-order valence-electron chi connectivity index (χ3n) is 8.98. The van der Waals surface area contributed by atoms with Crippen LogP contribution >= 0.6 is 0 Å². The number of hydrogen-bond acceptors (Lipinski definition) is 20. The Labute approximate surface area is 292 Å². The number of aromatic hydroxyl groups is 2. The molecule has 0 spiro atoms. The van der Waals surface area contributed by atoms with Crippen molar-refractivity contribution < 1.29 is 94.1 Å². The first-order valence-electron chi connectivity index (χ1n) is 15.9. The number of rotatable bonds is 10. The van der Waals surface area contributed by atoms with Crippen LogP contribution in [0.5, 0.6) is 23.0 Å². The van der Waals surface area contributed by atoms with Crippen LogP contribution in [-0.2, 0) is 18.9 Å². The Hall–Kier alpha value is -3.71. The Morgan fingerprint density at radius 3 is 1.79 bits per heavy atom. The summed E-state index contributed by atoms with van der Waals surface area (Å²) in [5, 5.41) is 122. The van der Waals surface area contributed by atoms with Crippen molar-refractivity contribution in [3.05, 3.63) is 46.6 Å². The summed E-state index contributed by atoms with van der Waals surface area (Å²) in [7, 11) is 0. The summed E-state index contributed by atoms with van der Waals surface area (Å²) < 4.78 is 39.2. The van der Waals surface area contributed by atoms with Gasteiger partial charge in [0.05, 0.1) is 19.8 Å². The highest BCUT2D eigenvalue weighted by molar-refractivity contribution is 5.88. The summed E-state index contributed by atoms with van der Waals surface area (Å²) in [5.74, 6) is -2.09. The Balaban J connectivity index is 1.32. The molecule has 1 aromatic heterocycles. The van der Waals surface area contributed by atoms with Crippen molar-refractivity contribution >= 4 is 11.0 Å². The van der Waals surface area contributed by atoms with E-state index in [1.807, 2.05) is 0 Å². The SMILES string of the molecule is O=c1c(O[C@@H]2O[C@H](CO)[C@H](O[C@@H]3O[C@H](CO)[C@@H](O)[C@H](O)[C@H]3O)[C@H](O)[C@H]2O)c(-c2ccc(O)cc2)oc2cc(O[C@@H]3O[C@@H](CO)[C@H](O)[C@H]3O)cc(O)c12. The van der Waals surface area contributed by atoms with E-state index in [0.29, 0.717) is 0 Å². The molecule has 0 bridgehead atoms. The van der Waals surface area contributed by atoms with Gasteiger partial charge in [-0.25, -0.2) is 0 Å². The van der Waals surface area contributed by atoms with E-state index in [9.17, 15) is 66.1 Å². The maximum atomic E-state index is 14.0. The first-order chi connectivity index (χ1) is 24.8. The van der Waals surface area contributed by atoms with E-state index in [2.05, 4.69) is 0 Å². The standard InChI is InChI=1S/C32H38O20/c33-7-15-19(38)22(41)25(44)31(49-15)51-28-17(9-35)50-32(26(45)23(28)42)52-29-21(40)18-13(37)5-12(46-30-24(43)20(39)16(8-34)48-30)6-14(18)47-27(29)10-1-3-11(36)4-2-10/h1-6,15-17,19-20,22-26,28,30-39,41-45H,7-9H2/t15-,16+,17-,19-,20+,22+,23-,24-,25-,26-,28+,30-,31+,32+/m1/s1. The van der Waals surface area contributed by atoms with Crippen LogP contribution in [0.25, 0.3) is 22.3 Å². The van der Waals surface area contributed by atoms with E-state index in [1.165, 1.54) is 24.3 Å². The summed E-state index contributed by atoms with van der Waals surface area (Å²) in [6.07, 6.45) is -23.6. The average Bonchev–Trinajstić information content (AvgIpc) is 3.40. The number of aliphatic hydroxyl groups is 10. The minimum atomic E-state index is -2.05. The van der Waals surface area contributed by atoms with Gasteiger partial charge in [0.2, 0.25) is 23.8 Å². The van der Waals surface area contributed by atoms with Crippen molar-refractivity contribution in [2.24, 2.45) is 0 Å². The molecule has 6 rings (SSSR count). The Bertz CT molecular complexity index is 1750. The number of benzene rings is 2. The predicted molar refractivity (Wildman–Crippen MR) is 167 cm³/mol. The highest BCUT2D eigenvalue weighted by atomic mass is 16.7. The van der Waals surface area contributed by atoms with Gasteiger partial charge < -0.3 is 94.1 Å². The summed E-state index contributed by atoms with van der Waals surface area (Å²) in [5.41, 5.74) is -1.21. The zero-order valence-corrected chi connectivity index (χ0v) is 26.8. The first kappa shape index (κ1) is 38.0. The smallest absolute Gasteiger partial charge is 0.239 e. The number of fused-ring (bicyclic) bond motifs is 1. The van der Waals surface area contributed by atoms with Gasteiger partial charge in [0.15, 0.2) is 12.1 Å². The largest absolute Gasteiger partial charge is 0.508 e. The van der Waals surface area contributed by atoms with E-state index < -0.39 is 128 Å². The topological polar surface area (TPSA) is 328 Å². The van der Waals surface area contributed by atoms with Crippen molar-refractivity contribution in [3.63, 3.8) is 0 Å². The fourth-order valence-corrected chi connectivity index (χ4v) is 6.10. The lowest BCUT2D eigenvalue weighted by atomic mass is 9.97. The van der Waals surface area contributed by atoms with E-state index in [0.717, 1.165) is 12.1 Å². The molecule has 3 aliphatic rings. The lowest BCUT2D eigenvalue weighted by Crippen LogP contribution is -2.65. The summed E-state index contributed by atoms with van der Waals surface area (Å²) in [6.45, 7) is -2.32. The monoisotopic (exact) mass is 742 g/mol. The van der Waals surface area contributed by atoms with Crippen LogP contribution in [0.3, 0.4) is 0 Å². The second-order valence-corrected chi connectivity index (χ2v) is 12.4. The highest BCUT2D eigenvalue weighted by Crippen LogP contribution is 2.39. The molecule has 0 amide bonds. The molecule has 52 heavy (non-hydrogen) atoms. The van der Waals surface area contributed by atoms with Crippen molar-refractivity contribution in [2.75, 3.05) is 19.8 Å². The summed E-state index contributed by atoms with van der Waals surface area (Å²) in [6, 6.07) is 7.29. The van der Waals surface area contributed by atoms with Gasteiger partial charge in [-0.2, -0.15) is 0 Å². The van der Waals surface area contributed by atoms with Gasteiger partial charge in [0.1, 0.15) is 95.4 Å². The molecule has 20 heteroatoms. The molecule has 0 radical (unpaired) electrons. The molecule has 286 valence electrons. The number of ether oxygens (including phenoxy) is 6. The van der Waals surface area contributed by atoms with Crippen molar-refractivity contribution in [3.8, 4) is 34.3 Å². The third-order valence-corrected chi connectivity index (χ3v) is 8.98. The Morgan fingerprint density at radius 2 is 1.15 bits per heavy atom. The summed E-state index contributed by atoms with van der Waals surface area (Å²) >= 11 is 0. The molecule has 12 N–H and O–H groups in total. The van der Waals surface area contributed by atoms with Crippen LogP contribution in [0, 0.1) is 0 Å². The predicted octanol–water partition coefficient (Wildman–Crippen LogP) is -4.31. The van der Waals surface area contributed by atoms with E-state index >= 15 is 0 Å². The van der Waals surface area contributed by atoms with Gasteiger partial charge in [-0.3, -0.25) is 4.79 Å². The molecule has 4 heterocycles. The van der Waals surface area contributed by atoms with Crippen LogP contribution in [-0.4, -0.2) is 167 Å². The second-order valence-electron chi connectivity index (χ2n) is 12.4. The van der Waals surface area contributed by atoms with E-state index in [-0.39, 0.29) is 28.4 Å². The molecular weight excluding hydrogens is 704 g/mol. The normalized spacial score (nSPS) is 36.6. The van der Waals surface area contributed by atoms with Crippen LogP contribution in [0.2, 0.25) is 0 Å². The Morgan fingerprint density at radius 1 is 0.615 bits per heavy atom. The van der Waals surface area contributed by atoms with Crippen molar-refractivity contribution in [2.45, 2.75) is 86.0 Å². The zero-order chi connectivity index (χ0) is 37.6. The van der Waals surface area contributed by atoms with Gasteiger partial charge in [-0.15, -0.1) is 0 Å². The first-order valence-corrected chi connectivity index (χ1v) is 15.9. The molecule has 20 nitrogen and oxygen atoms in total. The second kappa shape index (κ2) is 15.3. The number of aliphatic hydroxyl groups excluding tert-OH is 10. The quantitative estimate of drug-likeness (QED) is 0.0934. The maximum Gasteiger partial charge on any atom is 0.239 e. The molecule has 3 fully saturated rings. The van der Waals surface area contributed by atoms with Crippen LogP contribution in [0.15, 0.2) is 45.6 Å². The summed E-state index contributed by atoms with van der Waals surface area (Å²) in [4.78, 5) is 14.0. The van der Waals surface area contributed by atoms with Crippen LogP contribution in [0.4, 0.5) is 0 Å². The third kappa shape index (κ3) is 7.02. The fraction of sp³-hybridized carbons (Fsp3) is 0.531. The minimum Gasteiger partial charge on any atom is -0.508 e. The molecule has 3 aliphatic heterocycles. The van der Waals surface area contributed by atoms with Gasteiger partial charge in [0.25, 0.3) is 0 Å². The molecule has 3 saturated heterocycles. The molecule has 0 aliphatic carbocycles. The molecule has 3 aromatic rings. The number of hydrogen-bond donors (Lipinski definition) is 12. The average molecular weight is 743 g/mol. The van der Waals surface area contributed by atoms with Crippen LogP contribution < -0.4 is 14.9 Å². The lowest BCUT2D eigenvalue weighted by molar-refractivity contribution is -0.352. The Kier molecular flexibility index (Phi) is 11.2. The number of phenols is 2. The van der Waals surface area contributed by atoms with Gasteiger partial charge in [-0.05, 0) is 24.3 Å². The number of phenolic OH excluding ortho intramolecular Hbond substituents is 2. The lowest BCUT2D eigenvalue weighted by Gasteiger charge is -2.45. The minimum absolute atomic E-state index is 0.120. The van der Waals surface area contributed by atoms with Gasteiger partial charge in [0, 0.05) is 17.7 Å². The highest BCUT2D eigenvalue weighted by Gasteiger charge is 2.51. The fourth-order valence-electron chi connectivity index (χ4n) is 6.10. The van der Waals surface area contributed by atoms with Gasteiger partial charge in [-0.1, -0.05) is 0 Å². The molecular formula is C32H38O20. The van der Waals surface area contributed by atoms with Crippen molar-refractivity contribution in [1.29, 1.82) is 0 Å².